The molecule has 4 heteroatoms. The van der Waals surface area contributed by atoms with Gasteiger partial charge in [-0.25, -0.2) is 4.79 Å². The van der Waals surface area contributed by atoms with Crippen LogP contribution in [0.15, 0.2) is 24.3 Å². The normalized spacial score (nSPS) is 41.7. The molecule has 0 aromatic rings. The van der Waals surface area contributed by atoms with Gasteiger partial charge in [0.1, 0.15) is 0 Å². The first kappa shape index (κ1) is 14.0. The standard InChI is InChI=1S/C15H20O4/c1-9(13(17)18)11-4-6-15(19)7-5-12(16)10(2)14(15,3)8-11/h5,7,10-11,19H,1,4,6,8H2,2-3H3,(H,17,18)/t10-,11+,14+,15+/m0/s1. The number of rotatable bonds is 2. The number of aliphatic carboxylic acids is 1. The second-order valence-electron chi connectivity index (χ2n) is 6.07. The van der Waals surface area contributed by atoms with Gasteiger partial charge < -0.3 is 10.2 Å². The molecule has 2 aliphatic rings. The molecule has 0 bridgehead atoms. The molecule has 0 aromatic carbocycles. The van der Waals surface area contributed by atoms with E-state index in [9.17, 15) is 14.7 Å². The van der Waals surface area contributed by atoms with E-state index in [1.165, 1.54) is 6.08 Å². The first-order valence-electron chi connectivity index (χ1n) is 6.59. The first-order chi connectivity index (χ1) is 8.71. The van der Waals surface area contributed by atoms with Gasteiger partial charge in [0.25, 0.3) is 0 Å². The van der Waals surface area contributed by atoms with Crippen LogP contribution in [-0.4, -0.2) is 27.6 Å². The second-order valence-corrected chi connectivity index (χ2v) is 6.07. The third-order valence-electron chi connectivity index (χ3n) is 5.21. The van der Waals surface area contributed by atoms with Crippen molar-refractivity contribution in [2.24, 2.45) is 17.3 Å². The number of fused-ring (bicyclic) bond motifs is 1. The fourth-order valence-corrected chi connectivity index (χ4v) is 3.45. The summed E-state index contributed by atoms with van der Waals surface area (Å²) in [5.41, 5.74) is -1.46. The minimum Gasteiger partial charge on any atom is -0.478 e. The van der Waals surface area contributed by atoms with E-state index in [0.29, 0.717) is 19.3 Å². The largest absolute Gasteiger partial charge is 0.478 e. The Morgan fingerprint density at radius 3 is 2.74 bits per heavy atom. The smallest absolute Gasteiger partial charge is 0.331 e. The van der Waals surface area contributed by atoms with Gasteiger partial charge in [-0.1, -0.05) is 20.4 Å². The highest BCUT2D eigenvalue weighted by atomic mass is 16.4. The van der Waals surface area contributed by atoms with Crippen molar-refractivity contribution >= 4 is 11.8 Å². The molecular weight excluding hydrogens is 244 g/mol. The average molecular weight is 264 g/mol. The van der Waals surface area contributed by atoms with Crippen molar-refractivity contribution in [3.05, 3.63) is 24.3 Å². The molecule has 2 rings (SSSR count). The van der Waals surface area contributed by atoms with E-state index in [2.05, 4.69) is 6.58 Å². The maximum absolute atomic E-state index is 11.9. The van der Waals surface area contributed by atoms with Crippen LogP contribution in [0, 0.1) is 17.3 Å². The summed E-state index contributed by atoms with van der Waals surface area (Å²) in [5, 5.41) is 19.8. The predicted molar refractivity (Wildman–Crippen MR) is 70.5 cm³/mol. The molecule has 0 heterocycles. The summed E-state index contributed by atoms with van der Waals surface area (Å²) in [7, 11) is 0. The Balaban J connectivity index is 2.35. The van der Waals surface area contributed by atoms with Gasteiger partial charge in [-0.3, -0.25) is 4.79 Å². The Morgan fingerprint density at radius 2 is 2.16 bits per heavy atom. The quantitative estimate of drug-likeness (QED) is 0.747. The lowest BCUT2D eigenvalue weighted by Crippen LogP contribution is -2.56. The van der Waals surface area contributed by atoms with Crippen LogP contribution in [0.4, 0.5) is 0 Å². The number of carbonyl (C=O) groups excluding carboxylic acids is 1. The molecule has 4 atom stereocenters. The van der Waals surface area contributed by atoms with E-state index in [1.807, 2.05) is 13.8 Å². The number of allylic oxidation sites excluding steroid dienone is 1. The van der Waals surface area contributed by atoms with Crippen LogP contribution in [0.1, 0.15) is 33.1 Å². The molecule has 4 nitrogen and oxygen atoms in total. The van der Waals surface area contributed by atoms with E-state index < -0.39 is 17.0 Å². The van der Waals surface area contributed by atoms with Crippen LogP contribution in [0.5, 0.6) is 0 Å². The lowest BCUT2D eigenvalue weighted by Gasteiger charge is -2.54. The minimum atomic E-state index is -1.02. The van der Waals surface area contributed by atoms with Gasteiger partial charge in [0.15, 0.2) is 5.78 Å². The van der Waals surface area contributed by atoms with Crippen molar-refractivity contribution in [1.29, 1.82) is 0 Å². The number of carboxylic acid groups (broad SMARTS) is 1. The van der Waals surface area contributed by atoms with E-state index in [-0.39, 0.29) is 23.2 Å². The Bertz CT molecular complexity index is 479. The van der Waals surface area contributed by atoms with Crippen LogP contribution >= 0.6 is 0 Å². The van der Waals surface area contributed by atoms with Gasteiger partial charge in [-0.05, 0) is 37.3 Å². The summed E-state index contributed by atoms with van der Waals surface area (Å²) < 4.78 is 0. The highest BCUT2D eigenvalue weighted by Gasteiger charge is 2.56. The van der Waals surface area contributed by atoms with E-state index in [0.717, 1.165) is 0 Å². The summed E-state index contributed by atoms with van der Waals surface area (Å²) in [6.07, 6.45) is 4.58. The number of carbonyl (C=O) groups is 2. The average Bonchev–Trinajstić information content (AvgIpc) is 2.36. The summed E-state index contributed by atoms with van der Waals surface area (Å²) in [6, 6.07) is 0. The Labute approximate surface area is 112 Å². The molecule has 2 aliphatic carbocycles. The first-order valence-corrected chi connectivity index (χ1v) is 6.59. The van der Waals surface area contributed by atoms with E-state index in [1.54, 1.807) is 6.08 Å². The van der Waals surface area contributed by atoms with Crippen LogP contribution in [0.25, 0.3) is 0 Å². The minimum absolute atomic E-state index is 0.00578. The van der Waals surface area contributed by atoms with Crippen molar-refractivity contribution in [3.8, 4) is 0 Å². The van der Waals surface area contributed by atoms with Crippen molar-refractivity contribution in [2.75, 3.05) is 0 Å². The van der Waals surface area contributed by atoms with Gasteiger partial charge in [0.05, 0.1) is 5.60 Å². The van der Waals surface area contributed by atoms with Gasteiger partial charge in [-0.2, -0.15) is 0 Å². The zero-order valence-electron chi connectivity index (χ0n) is 11.3. The summed E-state index contributed by atoms with van der Waals surface area (Å²) in [4.78, 5) is 22.9. The number of hydrogen-bond donors (Lipinski definition) is 2. The maximum Gasteiger partial charge on any atom is 0.331 e. The fraction of sp³-hybridized carbons (Fsp3) is 0.600. The Morgan fingerprint density at radius 1 is 1.53 bits per heavy atom. The second kappa shape index (κ2) is 4.30. The van der Waals surface area contributed by atoms with Crippen LogP contribution in [0.2, 0.25) is 0 Å². The monoisotopic (exact) mass is 264 g/mol. The van der Waals surface area contributed by atoms with Gasteiger partial charge in [0.2, 0.25) is 0 Å². The van der Waals surface area contributed by atoms with Crippen molar-refractivity contribution < 1.29 is 19.8 Å². The fourth-order valence-electron chi connectivity index (χ4n) is 3.45. The molecule has 0 aromatic heterocycles. The third kappa shape index (κ3) is 1.94. The summed E-state index contributed by atoms with van der Waals surface area (Å²) in [5.74, 6) is -1.49. The number of carboxylic acids is 1. The summed E-state index contributed by atoms with van der Waals surface area (Å²) >= 11 is 0. The molecule has 0 saturated heterocycles. The van der Waals surface area contributed by atoms with Crippen LogP contribution in [-0.2, 0) is 9.59 Å². The molecule has 1 fully saturated rings. The lowest BCUT2D eigenvalue weighted by molar-refractivity contribution is -0.145. The molecule has 0 unspecified atom stereocenters. The molecule has 1 saturated carbocycles. The van der Waals surface area contributed by atoms with E-state index >= 15 is 0 Å². The Hall–Kier alpha value is -1.42. The molecule has 104 valence electrons. The highest BCUT2D eigenvalue weighted by Crippen LogP contribution is 2.55. The van der Waals surface area contributed by atoms with Crippen molar-refractivity contribution in [3.63, 3.8) is 0 Å². The third-order valence-corrected chi connectivity index (χ3v) is 5.21. The molecule has 0 radical (unpaired) electrons. The zero-order valence-corrected chi connectivity index (χ0v) is 11.3. The van der Waals surface area contributed by atoms with Gasteiger partial charge in [0, 0.05) is 16.9 Å². The molecule has 19 heavy (non-hydrogen) atoms. The topological polar surface area (TPSA) is 74.6 Å². The van der Waals surface area contributed by atoms with Gasteiger partial charge in [-0.15, -0.1) is 0 Å². The van der Waals surface area contributed by atoms with Gasteiger partial charge >= 0.3 is 5.97 Å². The maximum atomic E-state index is 11.9. The SMILES string of the molecule is C=C(C(=O)O)[C@@H]1CC[C@@]2(O)C=CC(=O)[C@H](C)[C@@]2(C)C1. The zero-order chi connectivity index (χ0) is 14.4. The molecule has 2 N–H and O–H groups in total. The van der Waals surface area contributed by atoms with Crippen LogP contribution < -0.4 is 0 Å². The Kier molecular flexibility index (Phi) is 3.17. The van der Waals surface area contributed by atoms with E-state index in [4.69, 9.17) is 5.11 Å². The van der Waals surface area contributed by atoms with Crippen LogP contribution in [0.3, 0.4) is 0 Å². The highest BCUT2D eigenvalue weighted by molar-refractivity contribution is 5.93. The predicted octanol–water partition coefficient (Wildman–Crippen LogP) is 1.94. The molecule has 0 spiro atoms. The summed E-state index contributed by atoms with van der Waals surface area (Å²) in [6.45, 7) is 7.31. The number of hydrogen-bond acceptors (Lipinski definition) is 3. The number of aliphatic hydroxyl groups is 1. The molecular formula is C15H20O4. The lowest BCUT2D eigenvalue weighted by atomic mass is 9.52. The number of ketones is 1. The van der Waals surface area contributed by atoms with Crippen molar-refractivity contribution in [2.45, 2.75) is 38.7 Å². The molecule has 0 aliphatic heterocycles. The van der Waals surface area contributed by atoms with Crippen molar-refractivity contribution in [1.82, 2.24) is 0 Å². The molecule has 0 amide bonds.